The van der Waals surface area contributed by atoms with Crippen molar-refractivity contribution in [3.63, 3.8) is 0 Å². The van der Waals surface area contributed by atoms with Crippen molar-refractivity contribution in [2.45, 2.75) is 35.5 Å². The van der Waals surface area contributed by atoms with Crippen LogP contribution in [0.5, 0.6) is 0 Å². The summed E-state index contributed by atoms with van der Waals surface area (Å²) in [5.74, 6) is 0. The molecule has 0 radical (unpaired) electrons. The van der Waals surface area contributed by atoms with Gasteiger partial charge in [0.1, 0.15) is 0 Å². The summed E-state index contributed by atoms with van der Waals surface area (Å²) in [4.78, 5) is 0.310. The topological polar surface area (TPSA) is 57.6 Å². The molecule has 1 heterocycles. The average Bonchev–Trinajstić information content (AvgIpc) is 2.47. The van der Waals surface area contributed by atoms with Crippen LogP contribution < -0.4 is 0 Å². The molecule has 0 spiro atoms. The van der Waals surface area contributed by atoms with Gasteiger partial charge in [0.2, 0.25) is 10.0 Å². The highest BCUT2D eigenvalue weighted by atomic mass is 79.9. The number of nitrogens with zero attached hydrogens (tertiary/aromatic N) is 1. The maximum Gasteiger partial charge on any atom is 0.243 e. The Morgan fingerprint density at radius 1 is 1.37 bits per heavy atom. The first-order chi connectivity index (χ1) is 9.09. The second kappa shape index (κ2) is 6.35. The minimum absolute atomic E-state index is 0.114. The van der Waals surface area contributed by atoms with Crippen LogP contribution in [0.1, 0.15) is 24.8 Å². The number of sulfonamides is 1. The van der Waals surface area contributed by atoms with Crippen molar-refractivity contribution >= 4 is 26.0 Å². The summed E-state index contributed by atoms with van der Waals surface area (Å²) in [5.41, 5.74) is 0.929. The molecule has 1 fully saturated rings. The number of piperidine rings is 1. The first kappa shape index (κ1) is 15.0. The molecule has 6 heteroatoms. The van der Waals surface area contributed by atoms with Crippen LogP contribution in [0.3, 0.4) is 0 Å². The molecule has 106 valence electrons. The van der Waals surface area contributed by atoms with E-state index in [4.69, 9.17) is 0 Å². The standard InChI is InChI=1S/C13H18BrNO3S/c14-9-11-4-3-6-13(8-11)19(17,18)15-7-2-1-5-12(15)10-16/h3-4,6,8,12,16H,1-2,5,7,9-10H2/t12-/m1/s1. The molecular weight excluding hydrogens is 330 g/mol. The lowest BCUT2D eigenvalue weighted by atomic mass is 10.1. The largest absolute Gasteiger partial charge is 0.395 e. The van der Waals surface area contributed by atoms with E-state index in [1.54, 1.807) is 18.2 Å². The molecular formula is C13H18BrNO3S. The Morgan fingerprint density at radius 3 is 2.84 bits per heavy atom. The Balaban J connectivity index is 2.34. The van der Waals surface area contributed by atoms with Crippen LogP contribution in [0.2, 0.25) is 0 Å². The molecule has 1 saturated heterocycles. The molecule has 1 aliphatic heterocycles. The fourth-order valence-corrected chi connectivity index (χ4v) is 4.50. The molecule has 2 rings (SSSR count). The van der Waals surface area contributed by atoms with Gasteiger partial charge in [-0.05, 0) is 30.5 Å². The van der Waals surface area contributed by atoms with Gasteiger partial charge in [-0.15, -0.1) is 0 Å². The van der Waals surface area contributed by atoms with Crippen molar-refractivity contribution in [2.24, 2.45) is 0 Å². The quantitative estimate of drug-likeness (QED) is 0.848. The number of aliphatic hydroxyl groups is 1. The third kappa shape index (κ3) is 3.18. The summed E-state index contributed by atoms with van der Waals surface area (Å²) in [6.07, 6.45) is 2.56. The molecule has 0 aliphatic carbocycles. The fourth-order valence-electron chi connectivity index (χ4n) is 2.40. The molecule has 0 amide bonds. The summed E-state index contributed by atoms with van der Waals surface area (Å²) in [7, 11) is -3.50. The van der Waals surface area contributed by atoms with Gasteiger partial charge in [-0.2, -0.15) is 4.31 Å². The lowest BCUT2D eigenvalue weighted by Gasteiger charge is -2.33. The highest BCUT2D eigenvalue weighted by Crippen LogP contribution is 2.25. The van der Waals surface area contributed by atoms with Crippen LogP contribution >= 0.6 is 15.9 Å². The van der Waals surface area contributed by atoms with Crippen LogP contribution in [0.15, 0.2) is 29.2 Å². The predicted octanol–water partition coefficient (Wildman–Crippen LogP) is 2.12. The van der Waals surface area contributed by atoms with Gasteiger partial charge in [0.15, 0.2) is 0 Å². The molecule has 1 atom stereocenters. The van der Waals surface area contributed by atoms with Crippen LogP contribution in [-0.4, -0.2) is 37.0 Å². The normalized spacial score (nSPS) is 21.5. The number of rotatable bonds is 4. The highest BCUT2D eigenvalue weighted by molar-refractivity contribution is 9.08. The van der Waals surface area contributed by atoms with Gasteiger partial charge in [-0.1, -0.05) is 34.5 Å². The average molecular weight is 348 g/mol. The first-order valence-corrected chi connectivity index (χ1v) is 8.93. The Hall–Kier alpha value is -0.430. The van der Waals surface area contributed by atoms with E-state index >= 15 is 0 Å². The van der Waals surface area contributed by atoms with Gasteiger partial charge in [0.25, 0.3) is 0 Å². The molecule has 1 N–H and O–H groups in total. The van der Waals surface area contributed by atoms with Crippen molar-refractivity contribution in [1.82, 2.24) is 4.31 Å². The number of halogens is 1. The lowest BCUT2D eigenvalue weighted by Crippen LogP contribution is -2.45. The minimum atomic E-state index is -3.50. The van der Waals surface area contributed by atoms with Gasteiger partial charge in [0.05, 0.1) is 11.5 Å². The van der Waals surface area contributed by atoms with E-state index in [0.717, 1.165) is 24.8 Å². The van der Waals surface area contributed by atoms with E-state index in [-0.39, 0.29) is 12.6 Å². The van der Waals surface area contributed by atoms with Crippen LogP contribution in [0.4, 0.5) is 0 Å². The second-order valence-electron chi connectivity index (χ2n) is 4.73. The van der Waals surface area contributed by atoms with E-state index in [1.165, 1.54) is 4.31 Å². The van der Waals surface area contributed by atoms with E-state index in [9.17, 15) is 13.5 Å². The van der Waals surface area contributed by atoms with Gasteiger partial charge in [-0.25, -0.2) is 8.42 Å². The monoisotopic (exact) mass is 347 g/mol. The summed E-state index contributed by atoms with van der Waals surface area (Å²) in [6.45, 7) is 0.378. The van der Waals surface area contributed by atoms with E-state index in [0.29, 0.717) is 16.8 Å². The Kier molecular flexibility index (Phi) is 5.00. The second-order valence-corrected chi connectivity index (χ2v) is 7.18. The van der Waals surface area contributed by atoms with Crippen LogP contribution in [0, 0.1) is 0 Å². The van der Waals surface area contributed by atoms with Crippen molar-refractivity contribution < 1.29 is 13.5 Å². The van der Waals surface area contributed by atoms with Gasteiger partial charge < -0.3 is 5.11 Å². The predicted molar refractivity (Wildman–Crippen MR) is 77.7 cm³/mol. The van der Waals surface area contributed by atoms with Crippen molar-refractivity contribution in [1.29, 1.82) is 0 Å². The zero-order valence-corrected chi connectivity index (χ0v) is 13.0. The zero-order valence-electron chi connectivity index (χ0n) is 10.6. The van der Waals surface area contributed by atoms with E-state index in [2.05, 4.69) is 15.9 Å². The SMILES string of the molecule is O=S(=O)(c1cccc(CBr)c1)N1CCCC[C@@H]1CO. The first-order valence-electron chi connectivity index (χ1n) is 6.37. The molecule has 0 saturated carbocycles. The van der Waals surface area contributed by atoms with Crippen LogP contribution in [-0.2, 0) is 15.4 Å². The third-order valence-electron chi connectivity index (χ3n) is 3.44. The molecule has 4 nitrogen and oxygen atoms in total. The number of alkyl halides is 1. The van der Waals surface area contributed by atoms with E-state index in [1.807, 2.05) is 6.07 Å². The molecule has 1 aromatic carbocycles. The number of hydrogen-bond acceptors (Lipinski definition) is 3. The van der Waals surface area contributed by atoms with Gasteiger partial charge in [-0.3, -0.25) is 0 Å². The summed E-state index contributed by atoms with van der Waals surface area (Å²) in [5, 5.41) is 9.98. The fraction of sp³-hybridized carbons (Fsp3) is 0.538. The van der Waals surface area contributed by atoms with E-state index < -0.39 is 10.0 Å². The molecule has 0 aromatic heterocycles. The van der Waals surface area contributed by atoms with Crippen molar-refractivity contribution in [2.75, 3.05) is 13.2 Å². The minimum Gasteiger partial charge on any atom is -0.395 e. The molecule has 1 aromatic rings. The van der Waals surface area contributed by atoms with Gasteiger partial charge >= 0.3 is 0 Å². The molecule has 0 unspecified atom stereocenters. The maximum absolute atomic E-state index is 12.6. The Bertz CT molecular complexity index is 532. The lowest BCUT2D eigenvalue weighted by molar-refractivity contribution is 0.155. The van der Waals surface area contributed by atoms with Gasteiger partial charge in [0, 0.05) is 17.9 Å². The number of hydrogen-bond donors (Lipinski definition) is 1. The smallest absolute Gasteiger partial charge is 0.243 e. The zero-order chi connectivity index (χ0) is 13.9. The maximum atomic E-state index is 12.6. The molecule has 0 bridgehead atoms. The summed E-state index contributed by atoms with van der Waals surface area (Å²) in [6, 6.07) is 6.65. The van der Waals surface area contributed by atoms with Crippen LogP contribution in [0.25, 0.3) is 0 Å². The number of benzene rings is 1. The molecule has 1 aliphatic rings. The summed E-state index contributed by atoms with van der Waals surface area (Å²) < 4.78 is 26.7. The van der Waals surface area contributed by atoms with Crippen molar-refractivity contribution in [3.05, 3.63) is 29.8 Å². The Morgan fingerprint density at radius 2 is 2.16 bits per heavy atom. The summed E-state index contributed by atoms with van der Waals surface area (Å²) >= 11 is 3.33. The van der Waals surface area contributed by atoms with Crippen molar-refractivity contribution in [3.8, 4) is 0 Å². The molecule has 19 heavy (non-hydrogen) atoms. The number of aliphatic hydroxyl groups excluding tert-OH is 1. The Labute approximate surface area is 122 Å². The third-order valence-corrected chi connectivity index (χ3v) is 6.04. The highest BCUT2D eigenvalue weighted by Gasteiger charge is 2.32.